The van der Waals surface area contributed by atoms with Crippen LogP contribution in [-0.2, 0) is 6.54 Å². The van der Waals surface area contributed by atoms with Crippen molar-refractivity contribution in [2.75, 3.05) is 12.8 Å². The third kappa shape index (κ3) is 2.70. The lowest BCUT2D eigenvalue weighted by molar-refractivity contribution is 0.102. The molecule has 0 atom stereocenters. The van der Waals surface area contributed by atoms with Crippen LogP contribution in [0.2, 0.25) is 0 Å². The molecule has 0 aliphatic carbocycles. The summed E-state index contributed by atoms with van der Waals surface area (Å²) in [5.41, 5.74) is 7.29. The maximum absolute atomic E-state index is 12.6. The number of halogens is 1. The molecular weight excluding hydrogens is 322 g/mol. The highest BCUT2D eigenvalue weighted by atomic mass is 79.9. The zero-order chi connectivity index (χ0) is 14.7. The van der Waals surface area contributed by atoms with E-state index in [4.69, 9.17) is 10.5 Å². The molecule has 0 spiro atoms. The van der Waals surface area contributed by atoms with Crippen molar-refractivity contribution in [3.8, 4) is 5.75 Å². The molecule has 0 aliphatic heterocycles. The maximum atomic E-state index is 12.6. The van der Waals surface area contributed by atoms with Crippen LogP contribution >= 0.6 is 15.9 Å². The fourth-order valence-corrected chi connectivity index (χ4v) is 2.45. The van der Waals surface area contributed by atoms with E-state index < -0.39 is 0 Å². The molecule has 0 aliphatic rings. The highest BCUT2D eigenvalue weighted by molar-refractivity contribution is 9.10. The number of nitrogens with zero attached hydrogens (tertiary/aromatic N) is 2. The number of hydrogen-bond donors (Lipinski definition) is 1. The van der Waals surface area contributed by atoms with Gasteiger partial charge >= 0.3 is 0 Å². The fraction of sp³-hybridized carbons (Fsp3) is 0.286. The topological polar surface area (TPSA) is 70.1 Å². The Morgan fingerprint density at radius 3 is 2.85 bits per heavy atom. The van der Waals surface area contributed by atoms with Crippen molar-refractivity contribution in [2.45, 2.75) is 19.9 Å². The number of anilines is 1. The number of nitrogens with two attached hydrogens (primary N) is 1. The van der Waals surface area contributed by atoms with Crippen LogP contribution < -0.4 is 10.5 Å². The average Bonchev–Trinajstić information content (AvgIpc) is 2.79. The van der Waals surface area contributed by atoms with Gasteiger partial charge in [-0.3, -0.25) is 9.48 Å². The van der Waals surface area contributed by atoms with Crippen molar-refractivity contribution in [2.24, 2.45) is 0 Å². The van der Waals surface area contributed by atoms with Crippen molar-refractivity contribution in [3.05, 3.63) is 40.1 Å². The van der Waals surface area contributed by atoms with Gasteiger partial charge in [0, 0.05) is 23.9 Å². The summed E-state index contributed by atoms with van der Waals surface area (Å²) in [6, 6.07) is 5.03. The smallest absolute Gasteiger partial charge is 0.214 e. The molecule has 0 unspecified atom stereocenters. The Morgan fingerprint density at radius 2 is 2.25 bits per heavy atom. The minimum Gasteiger partial charge on any atom is -0.497 e. The monoisotopic (exact) mass is 337 g/mol. The number of carbonyl (C=O) groups excluding carboxylic acids is 1. The number of hydrogen-bond acceptors (Lipinski definition) is 4. The Labute approximate surface area is 125 Å². The number of rotatable bonds is 5. The van der Waals surface area contributed by atoms with Crippen LogP contribution in [0.25, 0.3) is 0 Å². The maximum Gasteiger partial charge on any atom is 0.214 e. The third-order valence-corrected chi connectivity index (χ3v) is 3.53. The van der Waals surface area contributed by atoms with E-state index in [-0.39, 0.29) is 5.78 Å². The van der Waals surface area contributed by atoms with Crippen LogP contribution in [0.5, 0.6) is 5.75 Å². The van der Waals surface area contributed by atoms with Gasteiger partial charge in [-0.25, -0.2) is 0 Å². The highest BCUT2D eigenvalue weighted by Crippen LogP contribution is 2.25. The summed E-state index contributed by atoms with van der Waals surface area (Å²) in [6.45, 7) is 2.72. The van der Waals surface area contributed by atoms with Crippen molar-refractivity contribution in [1.29, 1.82) is 0 Å². The quantitative estimate of drug-likeness (QED) is 0.672. The van der Waals surface area contributed by atoms with Crippen molar-refractivity contribution in [3.63, 3.8) is 0 Å². The number of aryl methyl sites for hydroxylation is 1. The molecule has 0 amide bonds. The first-order valence-electron chi connectivity index (χ1n) is 6.28. The van der Waals surface area contributed by atoms with Crippen LogP contribution in [0.1, 0.15) is 29.4 Å². The van der Waals surface area contributed by atoms with E-state index >= 15 is 0 Å². The number of benzene rings is 1. The number of ether oxygens (including phenoxy) is 1. The molecule has 1 aromatic carbocycles. The van der Waals surface area contributed by atoms with E-state index in [2.05, 4.69) is 21.0 Å². The number of ketones is 1. The van der Waals surface area contributed by atoms with Crippen molar-refractivity contribution in [1.82, 2.24) is 9.78 Å². The lowest BCUT2D eigenvalue weighted by Crippen LogP contribution is -2.13. The fourth-order valence-electron chi connectivity index (χ4n) is 1.97. The van der Waals surface area contributed by atoms with Gasteiger partial charge in [0.25, 0.3) is 0 Å². The number of methoxy groups -OCH3 is 1. The first kappa shape index (κ1) is 14.6. The molecule has 2 N–H and O–H groups in total. The van der Waals surface area contributed by atoms with E-state index in [1.54, 1.807) is 36.2 Å². The Bertz CT molecular complexity index is 637. The van der Waals surface area contributed by atoms with Crippen LogP contribution in [0, 0.1) is 0 Å². The number of aromatic nitrogens is 2. The first-order chi connectivity index (χ1) is 9.58. The minimum absolute atomic E-state index is 0.150. The van der Waals surface area contributed by atoms with Gasteiger partial charge in [0.05, 0.1) is 17.8 Å². The van der Waals surface area contributed by atoms with Gasteiger partial charge in [0.15, 0.2) is 0 Å². The molecule has 0 bridgehead atoms. The second-order valence-corrected chi connectivity index (χ2v) is 5.20. The molecule has 1 aromatic heterocycles. The van der Waals surface area contributed by atoms with E-state index in [9.17, 15) is 4.79 Å². The lowest BCUT2D eigenvalue weighted by atomic mass is 10.1. The normalized spacial score (nSPS) is 10.6. The lowest BCUT2D eigenvalue weighted by Gasteiger charge is -2.09. The number of carbonyl (C=O) groups is 1. The Balaban J connectivity index is 2.43. The van der Waals surface area contributed by atoms with E-state index in [0.29, 0.717) is 33.7 Å². The Hall–Kier alpha value is -1.82. The molecule has 0 saturated carbocycles. The molecule has 2 aromatic rings. The standard InChI is InChI=1S/C14H16BrN3O2/c1-3-6-18-13(11(15)8-17-18)14(19)10-5-4-9(20-2)7-12(10)16/h4-5,7-8H,3,6,16H2,1-2H3. The molecule has 0 fully saturated rings. The molecule has 1 heterocycles. The summed E-state index contributed by atoms with van der Waals surface area (Å²) >= 11 is 3.37. The van der Waals surface area contributed by atoms with Crippen molar-refractivity contribution >= 4 is 27.4 Å². The van der Waals surface area contributed by atoms with Gasteiger partial charge in [-0.15, -0.1) is 0 Å². The van der Waals surface area contributed by atoms with E-state index in [0.717, 1.165) is 6.42 Å². The van der Waals surface area contributed by atoms with Gasteiger partial charge in [-0.2, -0.15) is 5.10 Å². The Morgan fingerprint density at radius 1 is 1.50 bits per heavy atom. The van der Waals surface area contributed by atoms with Gasteiger partial charge in [-0.05, 0) is 34.5 Å². The van der Waals surface area contributed by atoms with Gasteiger partial charge in [-0.1, -0.05) is 6.92 Å². The van der Waals surface area contributed by atoms with Crippen molar-refractivity contribution < 1.29 is 9.53 Å². The Kier molecular flexibility index (Phi) is 4.44. The second-order valence-electron chi connectivity index (χ2n) is 4.35. The summed E-state index contributed by atoms with van der Waals surface area (Å²) in [6.07, 6.45) is 2.52. The van der Waals surface area contributed by atoms with Gasteiger partial charge in [0.2, 0.25) is 5.78 Å². The van der Waals surface area contributed by atoms with E-state index in [1.807, 2.05) is 6.92 Å². The molecular formula is C14H16BrN3O2. The summed E-state index contributed by atoms with van der Waals surface area (Å²) < 4.78 is 7.45. The summed E-state index contributed by atoms with van der Waals surface area (Å²) in [4.78, 5) is 12.6. The van der Waals surface area contributed by atoms with E-state index in [1.165, 1.54) is 0 Å². The number of nitrogen functional groups attached to an aromatic ring is 1. The molecule has 20 heavy (non-hydrogen) atoms. The van der Waals surface area contributed by atoms with Crippen LogP contribution in [0.15, 0.2) is 28.9 Å². The van der Waals surface area contributed by atoms with Gasteiger partial charge in [0.1, 0.15) is 11.4 Å². The van der Waals surface area contributed by atoms with Crippen LogP contribution in [0.3, 0.4) is 0 Å². The second kappa shape index (κ2) is 6.09. The first-order valence-corrected chi connectivity index (χ1v) is 7.07. The summed E-state index contributed by atoms with van der Waals surface area (Å²) in [5.74, 6) is 0.475. The highest BCUT2D eigenvalue weighted by Gasteiger charge is 2.20. The summed E-state index contributed by atoms with van der Waals surface area (Å²) in [7, 11) is 1.56. The molecule has 106 valence electrons. The van der Waals surface area contributed by atoms with Gasteiger partial charge < -0.3 is 10.5 Å². The third-order valence-electron chi connectivity index (χ3n) is 2.95. The zero-order valence-electron chi connectivity index (χ0n) is 11.4. The van der Waals surface area contributed by atoms with Crippen LogP contribution in [0.4, 0.5) is 5.69 Å². The molecule has 0 saturated heterocycles. The average molecular weight is 338 g/mol. The molecule has 6 heteroatoms. The molecule has 2 rings (SSSR count). The largest absolute Gasteiger partial charge is 0.497 e. The molecule has 0 radical (unpaired) electrons. The predicted octanol–water partition coefficient (Wildman–Crippen LogP) is 2.88. The SMILES string of the molecule is CCCn1ncc(Br)c1C(=O)c1ccc(OC)cc1N. The molecule has 5 nitrogen and oxygen atoms in total. The summed E-state index contributed by atoms with van der Waals surface area (Å²) in [5, 5.41) is 4.20. The minimum atomic E-state index is -0.150. The van der Waals surface area contributed by atoms with Crippen LogP contribution in [-0.4, -0.2) is 22.7 Å². The predicted molar refractivity (Wildman–Crippen MR) is 81.1 cm³/mol. The zero-order valence-corrected chi connectivity index (χ0v) is 13.0.